The van der Waals surface area contributed by atoms with Crippen LogP contribution in [0.5, 0.6) is 0 Å². The Morgan fingerprint density at radius 2 is 2.10 bits per heavy atom. The van der Waals surface area contributed by atoms with Gasteiger partial charge in [0.05, 0.1) is 0 Å². The van der Waals surface area contributed by atoms with Crippen LogP contribution in [-0.2, 0) is 0 Å². The molecule has 4 nitrogen and oxygen atoms in total. The van der Waals surface area contributed by atoms with Gasteiger partial charge in [0.25, 0.3) is 0 Å². The third-order valence-corrected chi connectivity index (χ3v) is 4.10. The quantitative estimate of drug-likeness (QED) is 0.427. The molecule has 3 unspecified atom stereocenters. The number of hydrogen-bond acceptors (Lipinski definition) is 2. The highest BCUT2D eigenvalue weighted by Gasteiger charge is 2.20. The van der Waals surface area contributed by atoms with Crippen molar-refractivity contribution in [1.29, 1.82) is 0 Å². The molecule has 3 atom stereocenters. The van der Waals surface area contributed by atoms with Gasteiger partial charge >= 0.3 is 0 Å². The molecule has 1 aliphatic heterocycles. The van der Waals surface area contributed by atoms with Crippen LogP contribution >= 0.6 is 24.0 Å². The Labute approximate surface area is 142 Å². The molecule has 1 rings (SSSR count). The number of piperidine rings is 1. The topological polar surface area (TPSA) is 39.7 Å². The van der Waals surface area contributed by atoms with Gasteiger partial charge in [0.2, 0.25) is 0 Å². The van der Waals surface area contributed by atoms with E-state index in [1.165, 1.54) is 25.9 Å². The molecule has 1 heterocycles. The summed E-state index contributed by atoms with van der Waals surface area (Å²) >= 11 is 0. The van der Waals surface area contributed by atoms with Crippen LogP contribution < -0.4 is 10.6 Å². The highest BCUT2D eigenvalue weighted by Crippen LogP contribution is 2.17. The largest absolute Gasteiger partial charge is 0.355 e. The predicted octanol–water partition coefficient (Wildman–Crippen LogP) is 2.69. The summed E-state index contributed by atoms with van der Waals surface area (Å²) < 4.78 is 0. The zero-order valence-corrected chi connectivity index (χ0v) is 16.1. The van der Waals surface area contributed by atoms with Crippen LogP contribution in [0.1, 0.15) is 47.0 Å². The molecule has 0 saturated carbocycles. The number of rotatable bonds is 5. The van der Waals surface area contributed by atoms with Crippen molar-refractivity contribution in [3.05, 3.63) is 0 Å². The van der Waals surface area contributed by atoms with Crippen LogP contribution in [0.3, 0.4) is 0 Å². The van der Waals surface area contributed by atoms with E-state index in [1.54, 1.807) is 0 Å². The van der Waals surface area contributed by atoms with Gasteiger partial charge < -0.3 is 10.6 Å². The maximum atomic E-state index is 4.28. The van der Waals surface area contributed by atoms with Gasteiger partial charge in [-0.3, -0.25) is 9.89 Å². The van der Waals surface area contributed by atoms with Crippen molar-refractivity contribution in [2.75, 3.05) is 26.7 Å². The predicted molar refractivity (Wildman–Crippen MR) is 99.1 cm³/mol. The number of halogens is 1. The molecule has 120 valence electrons. The molecule has 0 radical (unpaired) electrons. The Balaban J connectivity index is 0.00000361. The number of guanidine groups is 1. The van der Waals surface area contributed by atoms with Crippen LogP contribution in [0.4, 0.5) is 0 Å². The standard InChI is InChI=1S/C15H32N4.HI/c1-6-13(3)18-15(16-5)17-10-14(4)19-9-7-8-12(2)11-19;/h12-14H,6-11H2,1-5H3,(H2,16,17,18);1H. The summed E-state index contributed by atoms with van der Waals surface area (Å²) in [4.78, 5) is 6.88. The zero-order chi connectivity index (χ0) is 14.3. The maximum absolute atomic E-state index is 4.28. The maximum Gasteiger partial charge on any atom is 0.191 e. The summed E-state index contributed by atoms with van der Waals surface area (Å²) in [6.45, 7) is 12.5. The SMILES string of the molecule is CCC(C)NC(=NC)NCC(C)N1CCCC(C)C1.I. The third-order valence-electron chi connectivity index (χ3n) is 4.10. The van der Waals surface area contributed by atoms with E-state index in [0.29, 0.717) is 12.1 Å². The van der Waals surface area contributed by atoms with E-state index in [4.69, 9.17) is 0 Å². The third kappa shape index (κ3) is 7.11. The van der Waals surface area contributed by atoms with Crippen molar-refractivity contribution in [1.82, 2.24) is 15.5 Å². The van der Waals surface area contributed by atoms with Crippen molar-refractivity contribution >= 4 is 29.9 Å². The van der Waals surface area contributed by atoms with E-state index in [1.807, 2.05) is 7.05 Å². The Hall–Kier alpha value is -0.0400. The number of likely N-dealkylation sites (tertiary alicyclic amines) is 1. The summed E-state index contributed by atoms with van der Waals surface area (Å²) in [5.74, 6) is 1.76. The summed E-state index contributed by atoms with van der Waals surface area (Å²) in [6.07, 6.45) is 3.83. The Morgan fingerprint density at radius 1 is 1.40 bits per heavy atom. The van der Waals surface area contributed by atoms with Crippen molar-refractivity contribution in [2.24, 2.45) is 10.9 Å². The van der Waals surface area contributed by atoms with Crippen LogP contribution in [0.2, 0.25) is 0 Å². The first-order valence-corrected chi connectivity index (χ1v) is 7.78. The molecule has 5 heteroatoms. The minimum absolute atomic E-state index is 0. The Bertz CT molecular complexity index is 283. The minimum Gasteiger partial charge on any atom is -0.355 e. The molecule has 0 amide bonds. The lowest BCUT2D eigenvalue weighted by molar-refractivity contribution is 0.139. The smallest absolute Gasteiger partial charge is 0.191 e. The Morgan fingerprint density at radius 3 is 2.65 bits per heavy atom. The van der Waals surface area contributed by atoms with Gasteiger partial charge in [-0.05, 0) is 45.6 Å². The highest BCUT2D eigenvalue weighted by molar-refractivity contribution is 14.0. The zero-order valence-electron chi connectivity index (χ0n) is 13.8. The fraction of sp³-hybridized carbons (Fsp3) is 0.933. The van der Waals surface area contributed by atoms with E-state index >= 15 is 0 Å². The highest BCUT2D eigenvalue weighted by atomic mass is 127. The average molecular weight is 396 g/mol. The average Bonchev–Trinajstić information content (AvgIpc) is 2.42. The monoisotopic (exact) mass is 396 g/mol. The minimum atomic E-state index is 0. The van der Waals surface area contributed by atoms with Crippen molar-refractivity contribution in [2.45, 2.75) is 59.0 Å². The lowest BCUT2D eigenvalue weighted by Gasteiger charge is -2.35. The van der Waals surface area contributed by atoms with Crippen LogP contribution in [0.25, 0.3) is 0 Å². The fourth-order valence-corrected chi connectivity index (χ4v) is 2.53. The molecule has 20 heavy (non-hydrogen) atoms. The van der Waals surface area contributed by atoms with Crippen molar-refractivity contribution < 1.29 is 0 Å². The summed E-state index contributed by atoms with van der Waals surface area (Å²) in [5, 5.41) is 6.85. The second-order valence-corrected chi connectivity index (χ2v) is 6.00. The van der Waals surface area contributed by atoms with Crippen molar-refractivity contribution in [3.63, 3.8) is 0 Å². The van der Waals surface area contributed by atoms with E-state index in [9.17, 15) is 0 Å². The molecule has 1 fully saturated rings. The number of aliphatic imine (C=N–C) groups is 1. The molecule has 1 saturated heterocycles. The molecule has 0 spiro atoms. The number of nitrogens with zero attached hydrogens (tertiary/aromatic N) is 2. The molecule has 0 aromatic heterocycles. The first-order chi connectivity index (χ1) is 9.06. The van der Waals surface area contributed by atoms with E-state index in [-0.39, 0.29) is 24.0 Å². The molecular weight excluding hydrogens is 363 g/mol. The lowest BCUT2D eigenvalue weighted by Crippen LogP contribution is -2.49. The summed E-state index contributed by atoms with van der Waals surface area (Å²) in [5.41, 5.74) is 0. The van der Waals surface area contributed by atoms with Crippen LogP contribution in [-0.4, -0.2) is 49.6 Å². The van der Waals surface area contributed by atoms with Gasteiger partial charge in [-0.25, -0.2) is 0 Å². The molecule has 0 aromatic rings. The fourth-order valence-electron chi connectivity index (χ4n) is 2.53. The van der Waals surface area contributed by atoms with Gasteiger partial charge in [-0.15, -0.1) is 24.0 Å². The first kappa shape index (κ1) is 20.0. The number of nitrogens with one attached hydrogen (secondary N) is 2. The molecule has 1 aliphatic rings. The molecule has 2 N–H and O–H groups in total. The van der Waals surface area contributed by atoms with E-state index < -0.39 is 0 Å². The summed E-state index contributed by atoms with van der Waals surface area (Å²) in [6, 6.07) is 1.04. The molecule has 0 aliphatic carbocycles. The van der Waals surface area contributed by atoms with Gasteiger partial charge in [-0.2, -0.15) is 0 Å². The van der Waals surface area contributed by atoms with E-state index in [2.05, 4.69) is 48.2 Å². The lowest BCUT2D eigenvalue weighted by atomic mass is 9.99. The summed E-state index contributed by atoms with van der Waals surface area (Å²) in [7, 11) is 1.84. The normalized spacial score (nSPS) is 23.6. The second-order valence-electron chi connectivity index (χ2n) is 6.00. The molecule has 0 bridgehead atoms. The molecular formula is C15H33IN4. The van der Waals surface area contributed by atoms with Gasteiger partial charge in [-0.1, -0.05) is 13.8 Å². The van der Waals surface area contributed by atoms with E-state index in [0.717, 1.165) is 24.8 Å². The van der Waals surface area contributed by atoms with Gasteiger partial charge in [0.15, 0.2) is 5.96 Å². The number of hydrogen-bond donors (Lipinski definition) is 2. The molecule has 0 aromatic carbocycles. The first-order valence-electron chi connectivity index (χ1n) is 7.78. The van der Waals surface area contributed by atoms with Gasteiger partial charge in [0, 0.05) is 32.2 Å². The Kier molecular flexibility index (Phi) is 10.6. The van der Waals surface area contributed by atoms with Crippen LogP contribution in [0, 0.1) is 5.92 Å². The van der Waals surface area contributed by atoms with Crippen LogP contribution in [0.15, 0.2) is 4.99 Å². The van der Waals surface area contributed by atoms with Gasteiger partial charge in [0.1, 0.15) is 0 Å². The second kappa shape index (κ2) is 10.7. The van der Waals surface area contributed by atoms with Crippen molar-refractivity contribution in [3.8, 4) is 0 Å².